The molecule has 0 bridgehead atoms. The first-order valence-corrected chi connectivity index (χ1v) is 7.52. The Morgan fingerprint density at radius 1 is 1.33 bits per heavy atom. The zero-order chi connectivity index (χ0) is 13.0. The van der Waals surface area contributed by atoms with Crippen LogP contribution in [0.1, 0.15) is 64.2 Å². The van der Waals surface area contributed by atoms with E-state index in [2.05, 4.69) is 29.6 Å². The number of aryl methyl sites for hydroxylation is 1. The van der Waals surface area contributed by atoms with E-state index in [0.717, 1.165) is 24.7 Å². The van der Waals surface area contributed by atoms with Gasteiger partial charge in [-0.25, -0.2) is 4.98 Å². The topological polar surface area (TPSA) is 43.8 Å². The Bertz CT molecular complexity index is 350. The quantitative estimate of drug-likeness (QED) is 0.868. The van der Waals surface area contributed by atoms with Crippen LogP contribution in [0.15, 0.2) is 12.4 Å². The summed E-state index contributed by atoms with van der Waals surface area (Å²) >= 11 is 0. The molecule has 0 radical (unpaired) electrons. The molecule has 1 unspecified atom stereocenters. The molecular weight excluding hydrogens is 222 g/mol. The van der Waals surface area contributed by atoms with Crippen molar-refractivity contribution in [2.45, 2.75) is 65.0 Å². The van der Waals surface area contributed by atoms with Gasteiger partial charge in [-0.15, -0.1) is 0 Å². The number of hydrogen-bond acceptors (Lipinski definition) is 2. The molecule has 1 fully saturated rings. The van der Waals surface area contributed by atoms with E-state index in [1.54, 1.807) is 0 Å². The van der Waals surface area contributed by atoms with Gasteiger partial charge in [0.2, 0.25) is 0 Å². The Balaban J connectivity index is 1.98. The van der Waals surface area contributed by atoms with Gasteiger partial charge in [0, 0.05) is 18.9 Å². The molecule has 1 aliphatic carbocycles. The fourth-order valence-electron chi connectivity index (χ4n) is 3.21. The highest BCUT2D eigenvalue weighted by Crippen LogP contribution is 2.36. The highest BCUT2D eigenvalue weighted by molar-refractivity contribution is 5.01. The lowest BCUT2D eigenvalue weighted by Gasteiger charge is -2.31. The third-order valence-electron chi connectivity index (χ3n) is 4.49. The standard InChI is InChI=1S/C15H27N3/c1-3-10-18-11-9-17-15(18)14(16)13-7-5-12(4-2)6-8-13/h9,11-14H,3-8,10,16H2,1-2H3. The minimum Gasteiger partial charge on any atom is -0.334 e. The maximum Gasteiger partial charge on any atom is 0.125 e. The molecular formula is C15H27N3. The molecule has 18 heavy (non-hydrogen) atoms. The number of hydrogen-bond donors (Lipinski definition) is 1. The van der Waals surface area contributed by atoms with Gasteiger partial charge in [0.25, 0.3) is 0 Å². The molecule has 2 N–H and O–H groups in total. The normalized spacial score (nSPS) is 26.2. The van der Waals surface area contributed by atoms with Gasteiger partial charge >= 0.3 is 0 Å². The largest absolute Gasteiger partial charge is 0.334 e. The molecule has 1 aromatic rings. The molecule has 1 aliphatic rings. The average Bonchev–Trinajstić information content (AvgIpc) is 2.87. The van der Waals surface area contributed by atoms with Gasteiger partial charge in [-0.2, -0.15) is 0 Å². The molecule has 3 nitrogen and oxygen atoms in total. The van der Waals surface area contributed by atoms with Crippen molar-refractivity contribution in [2.24, 2.45) is 17.6 Å². The second-order valence-electron chi connectivity index (χ2n) is 5.69. The summed E-state index contributed by atoms with van der Waals surface area (Å²) in [7, 11) is 0. The van der Waals surface area contributed by atoms with E-state index in [1.807, 2.05) is 6.20 Å². The molecule has 1 atom stereocenters. The second-order valence-corrected chi connectivity index (χ2v) is 5.69. The van der Waals surface area contributed by atoms with Crippen LogP contribution in [0.25, 0.3) is 0 Å². The Morgan fingerprint density at radius 2 is 2.06 bits per heavy atom. The summed E-state index contributed by atoms with van der Waals surface area (Å²) in [5, 5.41) is 0. The summed E-state index contributed by atoms with van der Waals surface area (Å²) in [6, 6.07) is 0.129. The van der Waals surface area contributed by atoms with E-state index in [0.29, 0.717) is 5.92 Å². The van der Waals surface area contributed by atoms with E-state index in [-0.39, 0.29) is 6.04 Å². The SMILES string of the molecule is CCCn1ccnc1C(N)C1CCC(CC)CC1. The van der Waals surface area contributed by atoms with Gasteiger partial charge in [0.1, 0.15) is 5.82 Å². The van der Waals surface area contributed by atoms with Crippen molar-refractivity contribution in [2.75, 3.05) is 0 Å². The van der Waals surface area contributed by atoms with Gasteiger partial charge in [0.15, 0.2) is 0 Å². The molecule has 102 valence electrons. The molecule has 3 heteroatoms. The molecule has 1 saturated carbocycles. The molecule has 0 aliphatic heterocycles. The van der Waals surface area contributed by atoms with E-state index in [9.17, 15) is 0 Å². The maximum atomic E-state index is 6.45. The van der Waals surface area contributed by atoms with Gasteiger partial charge < -0.3 is 10.3 Å². The molecule has 1 heterocycles. The van der Waals surface area contributed by atoms with Crippen LogP contribution in [-0.4, -0.2) is 9.55 Å². The van der Waals surface area contributed by atoms with Crippen molar-refractivity contribution >= 4 is 0 Å². The minimum absolute atomic E-state index is 0.129. The third-order valence-corrected chi connectivity index (χ3v) is 4.49. The molecule has 2 rings (SSSR count). The first-order chi connectivity index (χ1) is 8.76. The van der Waals surface area contributed by atoms with E-state index in [4.69, 9.17) is 5.73 Å². The summed E-state index contributed by atoms with van der Waals surface area (Å²) < 4.78 is 2.23. The predicted octanol–water partition coefficient (Wildman–Crippen LogP) is 3.51. The van der Waals surface area contributed by atoms with Crippen LogP contribution in [0.2, 0.25) is 0 Å². The smallest absolute Gasteiger partial charge is 0.125 e. The fourth-order valence-corrected chi connectivity index (χ4v) is 3.21. The van der Waals surface area contributed by atoms with Crippen LogP contribution in [0.4, 0.5) is 0 Å². The molecule has 1 aromatic heterocycles. The number of nitrogens with zero attached hydrogens (tertiary/aromatic N) is 2. The van der Waals surface area contributed by atoms with E-state index in [1.165, 1.54) is 32.1 Å². The average molecular weight is 249 g/mol. The van der Waals surface area contributed by atoms with Crippen molar-refractivity contribution in [1.29, 1.82) is 0 Å². The van der Waals surface area contributed by atoms with Crippen LogP contribution in [0, 0.1) is 11.8 Å². The van der Waals surface area contributed by atoms with Crippen LogP contribution >= 0.6 is 0 Å². The van der Waals surface area contributed by atoms with Crippen LogP contribution < -0.4 is 5.73 Å². The maximum absolute atomic E-state index is 6.45. The van der Waals surface area contributed by atoms with Crippen molar-refractivity contribution in [3.63, 3.8) is 0 Å². The number of imidazole rings is 1. The zero-order valence-electron chi connectivity index (χ0n) is 11.8. The first kappa shape index (κ1) is 13.6. The monoisotopic (exact) mass is 249 g/mol. The molecule has 0 saturated heterocycles. The lowest BCUT2D eigenvalue weighted by atomic mass is 9.77. The summed E-state index contributed by atoms with van der Waals surface area (Å²) in [5.74, 6) is 2.66. The van der Waals surface area contributed by atoms with Crippen molar-refractivity contribution < 1.29 is 0 Å². The van der Waals surface area contributed by atoms with Crippen LogP contribution in [0.5, 0.6) is 0 Å². The Kier molecular flexibility index (Phi) is 4.81. The summed E-state index contributed by atoms with van der Waals surface area (Å²) in [6.45, 7) is 5.54. The lowest BCUT2D eigenvalue weighted by molar-refractivity contribution is 0.233. The van der Waals surface area contributed by atoms with E-state index < -0.39 is 0 Å². The van der Waals surface area contributed by atoms with E-state index >= 15 is 0 Å². The predicted molar refractivity (Wildman–Crippen MR) is 75.2 cm³/mol. The Labute approximate surface area is 111 Å². The summed E-state index contributed by atoms with van der Waals surface area (Å²) in [5.41, 5.74) is 6.45. The number of rotatable bonds is 5. The fraction of sp³-hybridized carbons (Fsp3) is 0.800. The third kappa shape index (κ3) is 2.94. The summed E-state index contributed by atoms with van der Waals surface area (Å²) in [6.07, 6.45) is 11.7. The molecule has 0 aromatic carbocycles. The second kappa shape index (κ2) is 6.37. The number of aromatic nitrogens is 2. The van der Waals surface area contributed by atoms with Gasteiger partial charge in [0.05, 0.1) is 6.04 Å². The van der Waals surface area contributed by atoms with Crippen molar-refractivity contribution in [3.05, 3.63) is 18.2 Å². The Hall–Kier alpha value is -0.830. The minimum atomic E-state index is 0.129. The van der Waals surface area contributed by atoms with Crippen LogP contribution in [-0.2, 0) is 6.54 Å². The lowest BCUT2D eigenvalue weighted by Crippen LogP contribution is -2.28. The van der Waals surface area contributed by atoms with Gasteiger partial charge in [-0.3, -0.25) is 0 Å². The summed E-state index contributed by atoms with van der Waals surface area (Å²) in [4.78, 5) is 4.49. The first-order valence-electron chi connectivity index (χ1n) is 7.52. The molecule has 0 spiro atoms. The van der Waals surface area contributed by atoms with Crippen LogP contribution in [0.3, 0.4) is 0 Å². The van der Waals surface area contributed by atoms with Crippen molar-refractivity contribution in [3.8, 4) is 0 Å². The highest BCUT2D eigenvalue weighted by Gasteiger charge is 2.27. The van der Waals surface area contributed by atoms with Crippen molar-refractivity contribution in [1.82, 2.24) is 9.55 Å². The number of nitrogens with two attached hydrogens (primary N) is 1. The Morgan fingerprint density at radius 3 is 2.67 bits per heavy atom. The van der Waals surface area contributed by atoms with Gasteiger partial charge in [-0.1, -0.05) is 33.1 Å². The molecule has 0 amide bonds. The highest BCUT2D eigenvalue weighted by atomic mass is 15.1. The zero-order valence-corrected chi connectivity index (χ0v) is 11.8. The van der Waals surface area contributed by atoms with Gasteiger partial charge in [-0.05, 0) is 31.1 Å².